The molecule has 3 aromatic carbocycles. The van der Waals surface area contributed by atoms with E-state index in [9.17, 15) is 13.2 Å². The number of carbonyl (C=O) groups excluding carboxylic acids is 1. The van der Waals surface area contributed by atoms with Gasteiger partial charge >= 0.3 is 0 Å². The fourth-order valence-electron chi connectivity index (χ4n) is 3.69. The molecule has 0 spiro atoms. The molecular weight excluding hydrogens is 468 g/mol. The van der Waals surface area contributed by atoms with Crippen LogP contribution in [0.2, 0.25) is 0 Å². The Hall–Kier alpha value is -3.56. The zero-order valence-electron chi connectivity index (χ0n) is 20.1. The van der Waals surface area contributed by atoms with Crippen LogP contribution in [0.25, 0.3) is 0 Å². The lowest BCUT2D eigenvalue weighted by molar-refractivity contribution is -0.123. The molecule has 2 unspecified atom stereocenters. The van der Waals surface area contributed by atoms with E-state index in [1.807, 2.05) is 55.5 Å². The van der Waals surface area contributed by atoms with E-state index in [-0.39, 0.29) is 17.1 Å². The summed E-state index contributed by atoms with van der Waals surface area (Å²) in [6.45, 7) is 1.82. The molecule has 0 radical (unpaired) electrons. The minimum Gasteiger partial charge on any atom is -0.496 e. The Morgan fingerprint density at radius 3 is 2.11 bits per heavy atom. The van der Waals surface area contributed by atoms with Gasteiger partial charge in [0, 0.05) is 11.6 Å². The number of carbonyl (C=O) groups is 1. The zero-order valence-corrected chi connectivity index (χ0v) is 21.0. The van der Waals surface area contributed by atoms with Crippen molar-refractivity contribution < 1.29 is 27.4 Å². The average Bonchev–Trinajstić information content (AvgIpc) is 2.88. The highest BCUT2D eigenvalue weighted by Gasteiger charge is 2.28. The Kier molecular flexibility index (Phi) is 8.73. The van der Waals surface area contributed by atoms with Crippen LogP contribution in [0, 0.1) is 0 Å². The lowest BCUT2D eigenvalue weighted by atomic mass is 10.0. The van der Waals surface area contributed by atoms with Crippen LogP contribution in [-0.4, -0.2) is 41.7 Å². The highest BCUT2D eigenvalue weighted by Crippen LogP contribution is 2.29. The molecule has 0 aliphatic rings. The molecule has 0 saturated carbocycles. The van der Waals surface area contributed by atoms with E-state index in [1.54, 1.807) is 13.2 Å². The molecule has 0 aliphatic carbocycles. The smallest absolute Gasteiger partial charge is 0.241 e. The molecule has 0 bridgehead atoms. The molecule has 1 amide bonds. The van der Waals surface area contributed by atoms with E-state index >= 15 is 0 Å². The first-order valence-electron chi connectivity index (χ1n) is 11.0. The summed E-state index contributed by atoms with van der Waals surface area (Å²) >= 11 is 0. The third-order valence-electron chi connectivity index (χ3n) is 5.53. The molecule has 8 nitrogen and oxygen atoms in total. The first-order chi connectivity index (χ1) is 16.8. The number of amides is 1. The number of sulfonamides is 1. The van der Waals surface area contributed by atoms with E-state index in [1.165, 1.54) is 32.4 Å². The highest BCUT2D eigenvalue weighted by molar-refractivity contribution is 7.89. The van der Waals surface area contributed by atoms with Crippen LogP contribution < -0.4 is 24.2 Å². The summed E-state index contributed by atoms with van der Waals surface area (Å²) in [7, 11) is 0.381. The topological polar surface area (TPSA) is 103 Å². The summed E-state index contributed by atoms with van der Waals surface area (Å²) in [6.07, 6.45) is 0.165. The average molecular weight is 499 g/mol. The van der Waals surface area contributed by atoms with E-state index in [2.05, 4.69) is 10.0 Å². The molecule has 2 N–H and O–H groups in total. The number of ether oxygens (including phenoxy) is 3. The minimum absolute atomic E-state index is 0.0428. The number of para-hydroxylation sites is 1. The van der Waals surface area contributed by atoms with Gasteiger partial charge in [0.15, 0.2) is 11.5 Å². The molecule has 0 aromatic heterocycles. The number of rotatable bonds is 11. The van der Waals surface area contributed by atoms with Gasteiger partial charge in [-0.2, -0.15) is 4.72 Å². The van der Waals surface area contributed by atoms with Crippen LogP contribution in [0.15, 0.2) is 77.7 Å². The van der Waals surface area contributed by atoms with Gasteiger partial charge in [-0.1, -0.05) is 48.5 Å². The van der Waals surface area contributed by atoms with E-state index in [0.717, 1.165) is 11.1 Å². The predicted octanol–water partition coefficient (Wildman–Crippen LogP) is 3.48. The summed E-state index contributed by atoms with van der Waals surface area (Å²) in [6, 6.07) is 19.3. The minimum atomic E-state index is -4.07. The SMILES string of the molecule is COc1ccc(S(=O)(=O)NC(Cc2ccccc2)C(=O)NC(C)c2ccccc2OC)cc1OC. The molecule has 0 fully saturated rings. The second-order valence-electron chi connectivity index (χ2n) is 7.85. The molecule has 186 valence electrons. The van der Waals surface area contributed by atoms with Gasteiger partial charge in [0.25, 0.3) is 0 Å². The second kappa shape index (κ2) is 11.7. The van der Waals surface area contributed by atoms with Gasteiger partial charge in [0.2, 0.25) is 15.9 Å². The lowest BCUT2D eigenvalue weighted by Gasteiger charge is -2.23. The van der Waals surface area contributed by atoms with Gasteiger partial charge in [-0.3, -0.25) is 4.79 Å². The third-order valence-corrected chi connectivity index (χ3v) is 7.00. The Morgan fingerprint density at radius 1 is 0.829 bits per heavy atom. The summed E-state index contributed by atoms with van der Waals surface area (Å²) < 4.78 is 44.9. The molecule has 0 aliphatic heterocycles. The molecule has 9 heteroatoms. The number of hydrogen-bond donors (Lipinski definition) is 2. The maximum Gasteiger partial charge on any atom is 0.241 e. The van der Waals surface area contributed by atoms with Crippen LogP contribution in [0.3, 0.4) is 0 Å². The molecule has 0 heterocycles. The highest BCUT2D eigenvalue weighted by atomic mass is 32.2. The number of methoxy groups -OCH3 is 3. The molecule has 35 heavy (non-hydrogen) atoms. The Morgan fingerprint density at radius 2 is 1.46 bits per heavy atom. The predicted molar refractivity (Wildman–Crippen MR) is 133 cm³/mol. The molecular formula is C26H30N2O6S. The van der Waals surface area contributed by atoms with E-state index in [4.69, 9.17) is 14.2 Å². The number of benzene rings is 3. The Labute approximate surface area is 206 Å². The van der Waals surface area contributed by atoms with Crippen molar-refractivity contribution in [2.45, 2.75) is 30.3 Å². The number of nitrogens with one attached hydrogen (secondary N) is 2. The standard InChI is InChI=1S/C26H30N2O6S/c1-18(21-12-8-9-13-23(21)32-2)27-26(29)22(16-19-10-6-5-7-11-19)28-35(30,31)20-14-15-24(33-3)25(17-20)34-4/h5-15,17-18,22,28H,16H2,1-4H3,(H,27,29). The van der Waals surface area contributed by atoms with Crippen molar-refractivity contribution in [3.63, 3.8) is 0 Å². The van der Waals surface area contributed by atoms with Crippen LogP contribution in [0.1, 0.15) is 24.1 Å². The monoisotopic (exact) mass is 498 g/mol. The fourth-order valence-corrected chi connectivity index (χ4v) is 4.90. The van der Waals surface area contributed by atoms with Crippen molar-refractivity contribution in [1.82, 2.24) is 10.0 Å². The maximum absolute atomic E-state index is 13.3. The van der Waals surface area contributed by atoms with Crippen molar-refractivity contribution in [3.8, 4) is 17.2 Å². The van der Waals surface area contributed by atoms with Crippen LogP contribution in [0.5, 0.6) is 17.2 Å². The van der Waals surface area contributed by atoms with Crippen molar-refractivity contribution in [2.75, 3.05) is 21.3 Å². The van der Waals surface area contributed by atoms with Crippen molar-refractivity contribution >= 4 is 15.9 Å². The van der Waals surface area contributed by atoms with Gasteiger partial charge in [-0.05, 0) is 37.1 Å². The van der Waals surface area contributed by atoms with Crippen LogP contribution in [-0.2, 0) is 21.2 Å². The first-order valence-corrected chi connectivity index (χ1v) is 12.5. The Bertz CT molecular complexity index is 1250. The Balaban J connectivity index is 1.88. The van der Waals surface area contributed by atoms with Crippen molar-refractivity contribution in [3.05, 3.63) is 83.9 Å². The number of hydrogen-bond acceptors (Lipinski definition) is 6. The fraction of sp³-hybridized carbons (Fsp3) is 0.269. The van der Waals surface area contributed by atoms with Gasteiger partial charge in [-0.15, -0.1) is 0 Å². The van der Waals surface area contributed by atoms with E-state index < -0.39 is 28.0 Å². The summed E-state index contributed by atoms with van der Waals surface area (Å²) in [4.78, 5) is 13.3. The summed E-state index contributed by atoms with van der Waals surface area (Å²) in [5, 5.41) is 2.92. The normalized spacial score (nSPS) is 12.9. The van der Waals surface area contributed by atoms with Crippen molar-refractivity contribution in [1.29, 1.82) is 0 Å². The molecule has 0 saturated heterocycles. The third kappa shape index (κ3) is 6.52. The summed E-state index contributed by atoms with van der Waals surface area (Å²) in [5.74, 6) is 0.835. The second-order valence-corrected chi connectivity index (χ2v) is 9.57. The van der Waals surface area contributed by atoms with E-state index in [0.29, 0.717) is 11.5 Å². The summed E-state index contributed by atoms with van der Waals surface area (Å²) in [5.41, 5.74) is 1.59. The van der Waals surface area contributed by atoms with Gasteiger partial charge in [-0.25, -0.2) is 8.42 Å². The quantitative estimate of drug-likeness (QED) is 0.420. The molecule has 3 rings (SSSR count). The zero-order chi connectivity index (χ0) is 25.4. The van der Waals surface area contributed by atoms with Gasteiger partial charge in [0.05, 0.1) is 32.3 Å². The molecule has 2 atom stereocenters. The largest absolute Gasteiger partial charge is 0.496 e. The van der Waals surface area contributed by atoms with Gasteiger partial charge in [0.1, 0.15) is 11.8 Å². The van der Waals surface area contributed by atoms with Crippen molar-refractivity contribution in [2.24, 2.45) is 0 Å². The molecule has 3 aromatic rings. The lowest BCUT2D eigenvalue weighted by Crippen LogP contribution is -2.48. The van der Waals surface area contributed by atoms with Crippen LogP contribution >= 0.6 is 0 Å². The van der Waals surface area contributed by atoms with Gasteiger partial charge < -0.3 is 19.5 Å². The van der Waals surface area contributed by atoms with Crippen LogP contribution in [0.4, 0.5) is 0 Å². The first kappa shape index (κ1) is 26.1. The maximum atomic E-state index is 13.3.